The Morgan fingerprint density at radius 3 is 2.61 bits per heavy atom. The van der Waals surface area contributed by atoms with Crippen LogP contribution >= 0.6 is 0 Å². The zero-order valence-electron chi connectivity index (χ0n) is 16.7. The van der Waals surface area contributed by atoms with E-state index in [-0.39, 0.29) is 6.10 Å². The lowest BCUT2D eigenvalue weighted by Gasteiger charge is -2.47. The first-order valence-electron chi connectivity index (χ1n) is 10.4. The molecular formula is C24H28N2O2. The molecule has 3 saturated heterocycles. The fourth-order valence-electron chi connectivity index (χ4n) is 5.06. The lowest BCUT2D eigenvalue weighted by atomic mass is 9.83. The van der Waals surface area contributed by atoms with Crippen LogP contribution < -0.4 is 4.74 Å². The first-order valence-corrected chi connectivity index (χ1v) is 10.4. The molecule has 146 valence electrons. The van der Waals surface area contributed by atoms with Gasteiger partial charge in [0, 0.05) is 55.0 Å². The molecule has 28 heavy (non-hydrogen) atoms. The monoisotopic (exact) mass is 376 g/mol. The maximum Gasteiger partial charge on any atom is 0.141 e. The molecule has 0 N–H and O–H groups in total. The maximum atomic E-state index is 6.60. The van der Waals surface area contributed by atoms with Crippen molar-refractivity contribution in [1.82, 2.24) is 9.47 Å². The van der Waals surface area contributed by atoms with Gasteiger partial charge in [-0.3, -0.25) is 0 Å². The minimum absolute atomic E-state index is 0.182. The normalized spacial score (nSPS) is 23.2. The molecule has 0 aliphatic carbocycles. The Bertz CT molecular complexity index is 1030. The molecule has 3 aliphatic heterocycles. The molecule has 6 rings (SSSR count). The second kappa shape index (κ2) is 7.17. The van der Waals surface area contributed by atoms with Gasteiger partial charge in [0.2, 0.25) is 0 Å². The number of fused-ring (bicyclic) bond motifs is 6. The number of nitrogens with zero attached hydrogens (tertiary/aromatic N) is 2. The standard InChI is InChI=1S/C24H28N2O2/c1-3-21-24(17-10-12-25(21)13-11-17)28-18-8-9-20-19-6-4-5-7-22(19)26(14-15-27-2)23(20)16-18/h3-9,16-17,24H,10-15H2,1-2H3. The van der Waals surface area contributed by atoms with E-state index >= 15 is 0 Å². The highest BCUT2D eigenvalue weighted by atomic mass is 16.5. The summed E-state index contributed by atoms with van der Waals surface area (Å²) in [7, 11) is 1.76. The fraction of sp³-hybridized carbons (Fsp3) is 0.417. The van der Waals surface area contributed by atoms with Gasteiger partial charge in [0.05, 0.1) is 17.8 Å². The third-order valence-electron chi connectivity index (χ3n) is 6.45. The summed E-state index contributed by atoms with van der Waals surface area (Å²) < 4.78 is 14.3. The van der Waals surface area contributed by atoms with Crippen LogP contribution in [0.4, 0.5) is 0 Å². The van der Waals surface area contributed by atoms with Crippen molar-refractivity contribution < 1.29 is 9.47 Å². The van der Waals surface area contributed by atoms with E-state index in [0.29, 0.717) is 12.5 Å². The van der Waals surface area contributed by atoms with Crippen LogP contribution in [0.1, 0.15) is 19.8 Å². The van der Waals surface area contributed by atoms with Crippen molar-refractivity contribution in [3.8, 4) is 5.75 Å². The molecular weight excluding hydrogens is 348 g/mol. The number of aromatic nitrogens is 1. The number of piperidine rings is 3. The Morgan fingerprint density at radius 1 is 1.04 bits per heavy atom. The molecule has 3 aromatic rings. The van der Waals surface area contributed by atoms with Gasteiger partial charge in [-0.15, -0.1) is 0 Å². The van der Waals surface area contributed by atoms with Crippen molar-refractivity contribution >= 4 is 21.8 Å². The van der Waals surface area contributed by atoms with Crippen LogP contribution in [0.3, 0.4) is 0 Å². The summed E-state index contributed by atoms with van der Waals surface area (Å²) in [5.41, 5.74) is 3.84. The third kappa shape index (κ3) is 2.78. The van der Waals surface area contributed by atoms with Crippen LogP contribution in [0.15, 0.2) is 54.2 Å². The summed E-state index contributed by atoms with van der Waals surface area (Å²) in [5, 5.41) is 2.57. The molecule has 4 heteroatoms. The van der Waals surface area contributed by atoms with E-state index in [0.717, 1.165) is 12.3 Å². The number of para-hydroxylation sites is 1. The van der Waals surface area contributed by atoms with E-state index in [9.17, 15) is 0 Å². The summed E-state index contributed by atoms with van der Waals surface area (Å²) in [6, 6.07) is 15.2. The molecule has 1 unspecified atom stereocenters. The van der Waals surface area contributed by atoms with Crippen molar-refractivity contribution in [3.05, 3.63) is 54.2 Å². The van der Waals surface area contributed by atoms with Gasteiger partial charge in [-0.05, 0) is 38.0 Å². The number of hydrogen-bond donors (Lipinski definition) is 0. The largest absolute Gasteiger partial charge is 0.484 e. The number of methoxy groups -OCH3 is 1. The minimum Gasteiger partial charge on any atom is -0.484 e. The second-order valence-electron chi connectivity index (χ2n) is 7.92. The average molecular weight is 377 g/mol. The highest BCUT2D eigenvalue weighted by Gasteiger charge is 2.39. The fourth-order valence-corrected chi connectivity index (χ4v) is 5.06. The van der Waals surface area contributed by atoms with Crippen molar-refractivity contribution in [2.45, 2.75) is 32.4 Å². The minimum atomic E-state index is 0.182. The second-order valence-corrected chi connectivity index (χ2v) is 7.92. The molecule has 0 saturated carbocycles. The van der Waals surface area contributed by atoms with E-state index in [1.54, 1.807) is 7.11 Å². The van der Waals surface area contributed by atoms with Crippen LogP contribution in [0.5, 0.6) is 5.75 Å². The van der Waals surface area contributed by atoms with E-state index in [4.69, 9.17) is 9.47 Å². The summed E-state index contributed by atoms with van der Waals surface area (Å²) in [6.07, 6.45) is 4.89. The van der Waals surface area contributed by atoms with Gasteiger partial charge < -0.3 is 18.9 Å². The highest BCUT2D eigenvalue weighted by molar-refractivity contribution is 6.08. The number of hydrogen-bond acceptors (Lipinski definition) is 3. The maximum absolute atomic E-state index is 6.60. The number of ether oxygens (including phenoxy) is 2. The van der Waals surface area contributed by atoms with Crippen LogP contribution in [-0.4, -0.2) is 42.4 Å². The van der Waals surface area contributed by atoms with Crippen molar-refractivity contribution in [2.75, 3.05) is 26.8 Å². The highest BCUT2D eigenvalue weighted by Crippen LogP contribution is 2.38. The van der Waals surface area contributed by atoms with E-state index in [2.05, 4.69) is 64.9 Å². The molecule has 3 fully saturated rings. The van der Waals surface area contributed by atoms with Crippen LogP contribution in [0.2, 0.25) is 0 Å². The summed E-state index contributed by atoms with van der Waals surface area (Å²) >= 11 is 0. The molecule has 1 atom stereocenters. The molecule has 0 amide bonds. The van der Waals surface area contributed by atoms with E-state index in [1.165, 1.54) is 53.4 Å². The summed E-state index contributed by atoms with van der Waals surface area (Å²) in [6.45, 7) is 6.02. The Hall–Kier alpha value is -2.46. The van der Waals surface area contributed by atoms with Gasteiger partial charge in [-0.1, -0.05) is 24.3 Å². The smallest absolute Gasteiger partial charge is 0.141 e. The Labute approximate surface area is 166 Å². The molecule has 2 aromatic carbocycles. The Balaban J connectivity index is 1.55. The van der Waals surface area contributed by atoms with Gasteiger partial charge in [0.15, 0.2) is 0 Å². The number of rotatable bonds is 5. The molecule has 4 nitrogen and oxygen atoms in total. The quantitative estimate of drug-likeness (QED) is 0.639. The molecule has 0 radical (unpaired) electrons. The first kappa shape index (κ1) is 17.6. The van der Waals surface area contributed by atoms with Gasteiger partial charge in [0.1, 0.15) is 11.9 Å². The Kier molecular flexibility index (Phi) is 4.52. The Morgan fingerprint density at radius 2 is 1.82 bits per heavy atom. The predicted molar refractivity (Wildman–Crippen MR) is 114 cm³/mol. The summed E-state index contributed by atoms with van der Waals surface area (Å²) in [4.78, 5) is 2.50. The van der Waals surface area contributed by atoms with E-state index < -0.39 is 0 Å². The third-order valence-corrected chi connectivity index (χ3v) is 6.45. The van der Waals surface area contributed by atoms with Crippen molar-refractivity contribution in [3.63, 3.8) is 0 Å². The zero-order chi connectivity index (χ0) is 19.1. The topological polar surface area (TPSA) is 26.6 Å². The molecule has 0 spiro atoms. The predicted octanol–water partition coefficient (Wildman–Crippen LogP) is 4.82. The lowest BCUT2D eigenvalue weighted by Crippen LogP contribution is -2.50. The molecule has 2 bridgehead atoms. The van der Waals surface area contributed by atoms with Gasteiger partial charge in [0.25, 0.3) is 0 Å². The van der Waals surface area contributed by atoms with Gasteiger partial charge >= 0.3 is 0 Å². The van der Waals surface area contributed by atoms with Crippen molar-refractivity contribution in [2.24, 2.45) is 5.92 Å². The summed E-state index contributed by atoms with van der Waals surface area (Å²) in [5.74, 6) is 1.60. The molecule has 4 heterocycles. The van der Waals surface area contributed by atoms with Crippen LogP contribution in [-0.2, 0) is 11.3 Å². The zero-order valence-corrected chi connectivity index (χ0v) is 16.7. The lowest BCUT2D eigenvalue weighted by molar-refractivity contribution is 0.0352. The SMILES string of the molecule is CC=C1C(Oc2ccc3c4ccccc4n(CCOC)c3c2)C2CCN1CC2. The molecule has 1 aromatic heterocycles. The van der Waals surface area contributed by atoms with Crippen LogP contribution in [0.25, 0.3) is 21.8 Å². The number of allylic oxidation sites excluding steroid dienone is 1. The van der Waals surface area contributed by atoms with Gasteiger partial charge in [-0.25, -0.2) is 0 Å². The molecule has 3 aliphatic rings. The first-order chi connectivity index (χ1) is 13.8. The van der Waals surface area contributed by atoms with Crippen molar-refractivity contribution in [1.29, 1.82) is 0 Å². The van der Waals surface area contributed by atoms with E-state index in [1.807, 2.05) is 0 Å². The van der Waals surface area contributed by atoms with Crippen LogP contribution in [0, 0.1) is 5.92 Å². The van der Waals surface area contributed by atoms with Gasteiger partial charge in [-0.2, -0.15) is 0 Å². The number of benzene rings is 2. The average Bonchev–Trinajstić information content (AvgIpc) is 3.06.